The van der Waals surface area contributed by atoms with Crippen molar-refractivity contribution in [2.24, 2.45) is 5.92 Å². The van der Waals surface area contributed by atoms with Gasteiger partial charge in [-0.25, -0.2) is 0 Å². The Kier molecular flexibility index (Phi) is 5.48. The first-order chi connectivity index (χ1) is 11.7. The Hall–Kier alpha value is -1.92. The minimum atomic E-state index is -0.450. The molecule has 0 unspecified atom stereocenters. The first-order valence-corrected chi connectivity index (χ1v) is 8.60. The molecule has 1 saturated carbocycles. The van der Waals surface area contributed by atoms with Crippen molar-refractivity contribution in [1.29, 1.82) is 0 Å². The van der Waals surface area contributed by atoms with Gasteiger partial charge in [-0.2, -0.15) is 0 Å². The zero-order valence-corrected chi connectivity index (χ0v) is 13.7. The van der Waals surface area contributed by atoms with Crippen LogP contribution in [0.25, 0.3) is 0 Å². The summed E-state index contributed by atoms with van der Waals surface area (Å²) in [5, 5.41) is 15.1. The summed E-state index contributed by atoms with van der Waals surface area (Å²) >= 11 is 0. The number of amides is 2. The molecule has 2 fully saturated rings. The number of carbonyl (C=O) groups excluding carboxylic acids is 2. The summed E-state index contributed by atoms with van der Waals surface area (Å²) in [4.78, 5) is 23.6. The fourth-order valence-corrected chi connectivity index (χ4v) is 3.44. The van der Waals surface area contributed by atoms with Gasteiger partial charge in [0.25, 0.3) is 0 Å². The normalized spacial score (nSPS) is 25.1. The van der Waals surface area contributed by atoms with Gasteiger partial charge in [-0.1, -0.05) is 31.4 Å². The van der Waals surface area contributed by atoms with E-state index < -0.39 is 6.04 Å². The highest BCUT2D eigenvalue weighted by molar-refractivity contribution is 5.92. The molecule has 2 atom stereocenters. The molecule has 2 amide bonds. The predicted molar refractivity (Wildman–Crippen MR) is 89.4 cm³/mol. The molecular weight excluding hydrogens is 308 g/mol. The van der Waals surface area contributed by atoms with Gasteiger partial charge < -0.3 is 20.5 Å². The van der Waals surface area contributed by atoms with E-state index >= 15 is 0 Å². The van der Waals surface area contributed by atoms with E-state index in [9.17, 15) is 14.7 Å². The summed E-state index contributed by atoms with van der Waals surface area (Å²) in [5.41, 5.74) is 1.62. The summed E-state index contributed by atoms with van der Waals surface area (Å²) < 4.78 is 5.54. The second kappa shape index (κ2) is 7.77. The minimum absolute atomic E-state index is 0.0126. The number of anilines is 1. The van der Waals surface area contributed by atoms with Gasteiger partial charge in [0.05, 0.1) is 12.6 Å². The highest BCUT2D eigenvalue weighted by Gasteiger charge is 2.30. The van der Waals surface area contributed by atoms with Crippen molar-refractivity contribution in [3.63, 3.8) is 0 Å². The highest BCUT2D eigenvalue weighted by atomic mass is 16.5. The maximum atomic E-state index is 12.3. The number of hydrogen-bond acceptors (Lipinski definition) is 4. The van der Waals surface area contributed by atoms with Crippen molar-refractivity contribution in [3.8, 4) is 0 Å². The van der Waals surface area contributed by atoms with Crippen LogP contribution in [0.15, 0.2) is 24.3 Å². The van der Waals surface area contributed by atoms with E-state index in [0.29, 0.717) is 0 Å². The number of benzene rings is 1. The Bertz CT molecular complexity index is 581. The van der Waals surface area contributed by atoms with E-state index in [-0.39, 0.29) is 37.0 Å². The van der Waals surface area contributed by atoms with Gasteiger partial charge >= 0.3 is 0 Å². The molecular formula is C18H24N2O4. The molecule has 0 radical (unpaired) electrons. The number of carbonyl (C=O) groups is 2. The molecule has 0 spiro atoms. The van der Waals surface area contributed by atoms with E-state index in [1.54, 1.807) is 0 Å². The van der Waals surface area contributed by atoms with Crippen molar-refractivity contribution < 1.29 is 19.4 Å². The van der Waals surface area contributed by atoms with Crippen molar-refractivity contribution >= 4 is 17.5 Å². The van der Waals surface area contributed by atoms with Gasteiger partial charge in [0.2, 0.25) is 11.8 Å². The topological polar surface area (TPSA) is 87.7 Å². The van der Waals surface area contributed by atoms with E-state index in [1.165, 1.54) is 6.42 Å². The lowest BCUT2D eigenvalue weighted by Crippen LogP contribution is -2.49. The third-order valence-corrected chi connectivity index (χ3v) is 4.79. The summed E-state index contributed by atoms with van der Waals surface area (Å²) in [5.74, 6) is -0.00684. The van der Waals surface area contributed by atoms with E-state index in [0.717, 1.165) is 36.9 Å². The number of rotatable bonds is 4. The summed E-state index contributed by atoms with van der Waals surface area (Å²) in [7, 11) is 0. The van der Waals surface area contributed by atoms with Crippen molar-refractivity contribution in [1.82, 2.24) is 5.32 Å². The molecule has 1 aromatic carbocycles. The Balaban J connectivity index is 1.62. The van der Waals surface area contributed by atoms with Crippen molar-refractivity contribution in [2.75, 3.05) is 18.5 Å². The summed E-state index contributed by atoms with van der Waals surface area (Å²) in [6, 6.07) is 6.95. The van der Waals surface area contributed by atoms with Gasteiger partial charge in [0, 0.05) is 11.6 Å². The SMILES string of the molecule is O=C1CO[C@H](c2ccc(NC(=O)C3CCCCC3)cc2)[C@@H](CO)N1. The first-order valence-electron chi connectivity index (χ1n) is 8.60. The second-order valence-electron chi connectivity index (χ2n) is 6.53. The Morgan fingerprint density at radius 1 is 1.21 bits per heavy atom. The molecule has 6 nitrogen and oxygen atoms in total. The molecule has 0 aromatic heterocycles. The van der Waals surface area contributed by atoms with Crippen molar-refractivity contribution in [2.45, 2.75) is 44.2 Å². The molecule has 24 heavy (non-hydrogen) atoms. The van der Waals surface area contributed by atoms with Gasteiger partial charge in [0.1, 0.15) is 12.7 Å². The van der Waals surface area contributed by atoms with Gasteiger partial charge in [-0.05, 0) is 30.5 Å². The third-order valence-electron chi connectivity index (χ3n) is 4.79. The molecule has 1 saturated heterocycles. The molecule has 3 N–H and O–H groups in total. The number of aliphatic hydroxyl groups is 1. The van der Waals surface area contributed by atoms with Crippen LogP contribution in [0.4, 0.5) is 5.69 Å². The standard InChI is InChI=1S/C18H24N2O4/c21-10-15-17(24-11-16(22)20-15)12-6-8-14(9-7-12)19-18(23)13-4-2-1-3-5-13/h6-9,13,15,17,21H,1-5,10-11H2,(H,19,23)(H,20,22)/t15-,17-/m1/s1. The molecule has 1 aromatic rings. The highest BCUT2D eigenvalue weighted by Crippen LogP contribution is 2.27. The molecule has 2 aliphatic rings. The van der Waals surface area contributed by atoms with Crippen LogP contribution in [0.5, 0.6) is 0 Å². The predicted octanol–water partition coefficient (Wildman–Crippen LogP) is 1.75. The fourth-order valence-electron chi connectivity index (χ4n) is 3.44. The fraction of sp³-hybridized carbons (Fsp3) is 0.556. The van der Waals surface area contributed by atoms with Crippen LogP contribution in [0.2, 0.25) is 0 Å². The van der Waals surface area contributed by atoms with Crippen LogP contribution in [0, 0.1) is 5.92 Å². The van der Waals surface area contributed by atoms with Crippen LogP contribution in [-0.4, -0.2) is 36.2 Å². The van der Waals surface area contributed by atoms with Gasteiger partial charge in [0.15, 0.2) is 0 Å². The molecule has 1 aliphatic heterocycles. The molecule has 0 bridgehead atoms. The third kappa shape index (κ3) is 3.94. The van der Waals surface area contributed by atoms with E-state index in [1.807, 2.05) is 24.3 Å². The lowest BCUT2D eigenvalue weighted by Gasteiger charge is -2.31. The lowest BCUT2D eigenvalue weighted by atomic mass is 9.88. The van der Waals surface area contributed by atoms with Gasteiger partial charge in [-0.15, -0.1) is 0 Å². The molecule has 6 heteroatoms. The lowest BCUT2D eigenvalue weighted by molar-refractivity contribution is -0.138. The van der Waals surface area contributed by atoms with Gasteiger partial charge in [-0.3, -0.25) is 9.59 Å². The number of ether oxygens (including phenoxy) is 1. The zero-order chi connectivity index (χ0) is 16.9. The Morgan fingerprint density at radius 2 is 1.92 bits per heavy atom. The van der Waals surface area contributed by atoms with Crippen LogP contribution in [0.3, 0.4) is 0 Å². The minimum Gasteiger partial charge on any atom is -0.394 e. The molecule has 1 aliphatic carbocycles. The Morgan fingerprint density at radius 3 is 2.58 bits per heavy atom. The zero-order valence-electron chi connectivity index (χ0n) is 13.7. The van der Waals surface area contributed by atoms with E-state index in [2.05, 4.69) is 10.6 Å². The van der Waals surface area contributed by atoms with E-state index in [4.69, 9.17) is 4.74 Å². The molecule has 3 rings (SSSR count). The van der Waals surface area contributed by atoms with Crippen LogP contribution >= 0.6 is 0 Å². The quantitative estimate of drug-likeness (QED) is 0.784. The Labute approximate surface area is 141 Å². The van der Waals surface area contributed by atoms with Crippen molar-refractivity contribution in [3.05, 3.63) is 29.8 Å². The average molecular weight is 332 g/mol. The maximum absolute atomic E-state index is 12.3. The smallest absolute Gasteiger partial charge is 0.246 e. The second-order valence-corrected chi connectivity index (χ2v) is 6.53. The largest absolute Gasteiger partial charge is 0.394 e. The summed E-state index contributed by atoms with van der Waals surface area (Å²) in [6.07, 6.45) is 5.04. The average Bonchev–Trinajstić information content (AvgIpc) is 2.63. The van der Waals surface area contributed by atoms with Crippen LogP contribution in [-0.2, 0) is 14.3 Å². The van der Waals surface area contributed by atoms with Crippen LogP contribution in [0.1, 0.15) is 43.8 Å². The number of aliphatic hydroxyl groups excluding tert-OH is 1. The summed E-state index contributed by atoms with van der Waals surface area (Å²) in [6.45, 7) is -0.197. The number of morpholine rings is 1. The molecule has 1 heterocycles. The number of nitrogens with one attached hydrogen (secondary N) is 2. The molecule has 130 valence electrons. The monoisotopic (exact) mass is 332 g/mol. The van der Waals surface area contributed by atoms with Crippen LogP contribution < -0.4 is 10.6 Å². The number of hydrogen-bond donors (Lipinski definition) is 3. The maximum Gasteiger partial charge on any atom is 0.246 e. The first kappa shape index (κ1) is 16.9.